The van der Waals surface area contributed by atoms with Crippen molar-refractivity contribution in [2.75, 3.05) is 24.6 Å². The van der Waals surface area contributed by atoms with E-state index >= 15 is 0 Å². The van der Waals surface area contributed by atoms with E-state index in [2.05, 4.69) is 13.8 Å². The van der Waals surface area contributed by atoms with Gasteiger partial charge >= 0.3 is 6.09 Å². The van der Waals surface area contributed by atoms with Crippen LogP contribution in [0.25, 0.3) is 0 Å². The third-order valence-corrected chi connectivity index (χ3v) is 3.44. The van der Waals surface area contributed by atoms with E-state index in [1.807, 2.05) is 24.3 Å². The highest BCUT2D eigenvalue weighted by molar-refractivity contribution is 5.88. The van der Waals surface area contributed by atoms with Gasteiger partial charge in [-0.1, -0.05) is 26.0 Å². The van der Waals surface area contributed by atoms with Crippen LogP contribution in [-0.4, -0.2) is 25.8 Å². The van der Waals surface area contributed by atoms with Gasteiger partial charge in [0.1, 0.15) is 0 Å². The van der Waals surface area contributed by atoms with Gasteiger partial charge in [0, 0.05) is 24.2 Å². The molecule has 2 rings (SSSR count). The van der Waals surface area contributed by atoms with E-state index in [0.717, 1.165) is 18.7 Å². The molecular weight excluding hydrogens is 228 g/mol. The van der Waals surface area contributed by atoms with Gasteiger partial charge in [0.05, 0.1) is 6.61 Å². The van der Waals surface area contributed by atoms with Gasteiger partial charge in [0.2, 0.25) is 0 Å². The monoisotopic (exact) mass is 248 g/mol. The Morgan fingerprint density at radius 2 is 2.00 bits per heavy atom. The fraction of sp³-hybridized carbons (Fsp3) is 0.500. The van der Waals surface area contributed by atoms with Crippen molar-refractivity contribution < 1.29 is 9.53 Å². The summed E-state index contributed by atoms with van der Waals surface area (Å²) < 4.78 is 5.03. The first-order valence-electron chi connectivity index (χ1n) is 6.29. The minimum absolute atomic E-state index is 0.0407. The van der Waals surface area contributed by atoms with Crippen LogP contribution in [0.1, 0.15) is 25.8 Å². The number of carbonyl (C=O) groups is 1. The van der Waals surface area contributed by atoms with Crippen LogP contribution >= 0.6 is 0 Å². The van der Waals surface area contributed by atoms with Gasteiger partial charge in [-0.25, -0.2) is 4.79 Å². The Kier molecular flexibility index (Phi) is 3.57. The van der Waals surface area contributed by atoms with Crippen molar-refractivity contribution in [3.8, 4) is 0 Å². The molecule has 0 unspecified atom stereocenters. The van der Waals surface area contributed by atoms with Crippen LogP contribution < -0.4 is 10.6 Å². The molecule has 18 heavy (non-hydrogen) atoms. The molecule has 4 nitrogen and oxygen atoms in total. The standard InChI is InChI=1S/C14H20N2O2/c1-14(2,10-15)11-4-6-12(7-5-11)16-8-3-9-18-13(16)17/h4-7H,3,8-10,15H2,1-2H3. The van der Waals surface area contributed by atoms with Gasteiger partial charge in [-0.2, -0.15) is 0 Å². The van der Waals surface area contributed by atoms with E-state index in [0.29, 0.717) is 13.2 Å². The van der Waals surface area contributed by atoms with E-state index in [1.165, 1.54) is 5.56 Å². The second-order valence-corrected chi connectivity index (χ2v) is 5.25. The largest absolute Gasteiger partial charge is 0.449 e. The van der Waals surface area contributed by atoms with E-state index in [-0.39, 0.29) is 11.5 Å². The molecule has 98 valence electrons. The predicted octanol–water partition coefficient (Wildman–Crippen LogP) is 2.27. The van der Waals surface area contributed by atoms with Crippen LogP contribution in [0.5, 0.6) is 0 Å². The van der Waals surface area contributed by atoms with Crippen molar-refractivity contribution in [2.24, 2.45) is 5.73 Å². The topological polar surface area (TPSA) is 55.6 Å². The van der Waals surface area contributed by atoms with E-state index < -0.39 is 0 Å². The Labute approximate surface area is 108 Å². The summed E-state index contributed by atoms with van der Waals surface area (Å²) in [5.74, 6) is 0. The number of cyclic esters (lactones) is 1. The lowest BCUT2D eigenvalue weighted by atomic mass is 9.85. The molecule has 2 N–H and O–H groups in total. The van der Waals surface area contributed by atoms with Gasteiger partial charge in [-0.05, 0) is 24.1 Å². The average Bonchev–Trinajstić information content (AvgIpc) is 2.39. The number of anilines is 1. The smallest absolute Gasteiger partial charge is 0.414 e. The van der Waals surface area contributed by atoms with Crippen molar-refractivity contribution in [2.45, 2.75) is 25.7 Å². The van der Waals surface area contributed by atoms with Crippen molar-refractivity contribution in [3.05, 3.63) is 29.8 Å². The summed E-state index contributed by atoms with van der Waals surface area (Å²) in [4.78, 5) is 13.3. The zero-order chi connectivity index (χ0) is 13.2. The molecule has 0 saturated carbocycles. The average molecular weight is 248 g/mol. The summed E-state index contributed by atoms with van der Waals surface area (Å²) >= 11 is 0. The van der Waals surface area contributed by atoms with Crippen LogP contribution in [0.2, 0.25) is 0 Å². The highest BCUT2D eigenvalue weighted by atomic mass is 16.6. The molecule has 1 aliphatic heterocycles. The number of rotatable bonds is 3. The summed E-state index contributed by atoms with van der Waals surface area (Å²) in [7, 11) is 0. The van der Waals surface area contributed by atoms with E-state index in [9.17, 15) is 4.79 Å². The molecule has 0 aliphatic carbocycles. The maximum absolute atomic E-state index is 11.6. The van der Waals surface area contributed by atoms with Gasteiger partial charge in [-0.15, -0.1) is 0 Å². The number of ether oxygens (including phenoxy) is 1. The first-order valence-corrected chi connectivity index (χ1v) is 6.29. The van der Waals surface area contributed by atoms with Crippen molar-refractivity contribution in [3.63, 3.8) is 0 Å². The second-order valence-electron chi connectivity index (χ2n) is 5.25. The molecule has 0 bridgehead atoms. The van der Waals surface area contributed by atoms with Crippen LogP contribution in [-0.2, 0) is 10.2 Å². The molecule has 0 aromatic heterocycles. The Balaban J connectivity index is 2.19. The fourth-order valence-electron chi connectivity index (χ4n) is 2.00. The highest BCUT2D eigenvalue weighted by Crippen LogP contribution is 2.25. The molecular formula is C14H20N2O2. The lowest BCUT2D eigenvalue weighted by Gasteiger charge is -2.28. The Bertz CT molecular complexity index is 426. The summed E-state index contributed by atoms with van der Waals surface area (Å²) in [6.45, 7) is 6.05. The SMILES string of the molecule is CC(C)(CN)c1ccc(N2CCCOC2=O)cc1. The molecule has 0 atom stereocenters. The van der Waals surface area contributed by atoms with Crippen LogP contribution in [0.4, 0.5) is 10.5 Å². The molecule has 0 spiro atoms. The maximum atomic E-state index is 11.6. The minimum Gasteiger partial charge on any atom is -0.449 e. The summed E-state index contributed by atoms with van der Waals surface area (Å²) in [5, 5.41) is 0. The Morgan fingerprint density at radius 1 is 1.33 bits per heavy atom. The lowest BCUT2D eigenvalue weighted by Crippen LogP contribution is -2.37. The van der Waals surface area contributed by atoms with Crippen LogP contribution in [0.15, 0.2) is 24.3 Å². The summed E-state index contributed by atoms with van der Waals surface area (Å²) in [6, 6.07) is 7.98. The van der Waals surface area contributed by atoms with Gasteiger partial charge in [0.15, 0.2) is 0 Å². The second kappa shape index (κ2) is 4.98. The number of hydrogen-bond donors (Lipinski definition) is 1. The molecule has 1 aliphatic rings. The first kappa shape index (κ1) is 12.9. The molecule has 1 saturated heterocycles. The molecule has 1 aromatic carbocycles. The molecule has 0 radical (unpaired) electrons. The lowest BCUT2D eigenvalue weighted by molar-refractivity contribution is 0.140. The maximum Gasteiger partial charge on any atom is 0.414 e. The number of hydrogen-bond acceptors (Lipinski definition) is 3. The third-order valence-electron chi connectivity index (χ3n) is 3.44. The number of benzene rings is 1. The predicted molar refractivity (Wildman–Crippen MR) is 71.8 cm³/mol. The van der Waals surface area contributed by atoms with Crippen molar-refractivity contribution in [1.29, 1.82) is 0 Å². The Hall–Kier alpha value is -1.55. The fourth-order valence-corrected chi connectivity index (χ4v) is 2.00. The molecule has 1 amide bonds. The van der Waals surface area contributed by atoms with Gasteiger partial charge < -0.3 is 10.5 Å². The third kappa shape index (κ3) is 2.48. The number of nitrogens with zero attached hydrogens (tertiary/aromatic N) is 1. The molecule has 1 heterocycles. The van der Waals surface area contributed by atoms with Crippen LogP contribution in [0.3, 0.4) is 0 Å². The number of nitrogens with two attached hydrogens (primary N) is 1. The molecule has 1 fully saturated rings. The first-order chi connectivity index (χ1) is 8.54. The number of amides is 1. The molecule has 4 heteroatoms. The Morgan fingerprint density at radius 3 is 2.56 bits per heavy atom. The van der Waals surface area contributed by atoms with Gasteiger partial charge in [-0.3, -0.25) is 4.90 Å². The number of carbonyl (C=O) groups excluding carboxylic acids is 1. The minimum atomic E-state index is -0.257. The zero-order valence-corrected chi connectivity index (χ0v) is 11.0. The van der Waals surface area contributed by atoms with Crippen LogP contribution in [0, 0.1) is 0 Å². The van der Waals surface area contributed by atoms with Gasteiger partial charge in [0.25, 0.3) is 0 Å². The zero-order valence-electron chi connectivity index (χ0n) is 11.0. The highest BCUT2D eigenvalue weighted by Gasteiger charge is 2.22. The molecule has 1 aromatic rings. The van der Waals surface area contributed by atoms with Crippen molar-refractivity contribution >= 4 is 11.8 Å². The van der Waals surface area contributed by atoms with Crippen molar-refractivity contribution in [1.82, 2.24) is 0 Å². The summed E-state index contributed by atoms with van der Waals surface area (Å²) in [6.07, 6.45) is 0.619. The quantitative estimate of drug-likeness (QED) is 0.892. The van der Waals surface area contributed by atoms with E-state index in [4.69, 9.17) is 10.5 Å². The normalized spacial score (nSPS) is 16.6. The van der Waals surface area contributed by atoms with E-state index in [1.54, 1.807) is 4.90 Å². The summed E-state index contributed by atoms with van der Waals surface area (Å²) in [5.41, 5.74) is 7.78.